The van der Waals surface area contributed by atoms with Gasteiger partial charge in [0.25, 0.3) is 5.69 Å². The molecule has 0 heterocycles. The number of rotatable bonds is 8. The van der Waals surface area contributed by atoms with Crippen molar-refractivity contribution in [3.63, 3.8) is 0 Å². The Balaban J connectivity index is 2.86. The molecule has 0 unspecified atom stereocenters. The largest absolute Gasteiger partial charge is 0.383 e. The van der Waals surface area contributed by atoms with E-state index in [1.165, 1.54) is 18.2 Å². The lowest BCUT2D eigenvalue weighted by Gasteiger charge is -2.22. The molecular weight excluding hydrogens is 320 g/mol. The summed E-state index contributed by atoms with van der Waals surface area (Å²) in [5.74, 6) is 0.175. The Morgan fingerprint density at radius 3 is 2.74 bits per heavy atom. The highest BCUT2D eigenvalue weighted by atomic mass is 35.5. The maximum absolute atomic E-state index is 12.3. The number of halogens is 1. The molecule has 126 valence electrons. The fraction of sp³-hybridized carbons (Fsp3) is 0.438. The summed E-state index contributed by atoms with van der Waals surface area (Å²) in [6, 6.07) is 4.41. The van der Waals surface area contributed by atoms with E-state index in [1.807, 2.05) is 13.8 Å². The van der Waals surface area contributed by atoms with Gasteiger partial charge in [0, 0.05) is 32.3 Å². The number of nitrogens with zero attached hydrogens (tertiary/aromatic N) is 2. The maximum atomic E-state index is 12.3. The minimum absolute atomic E-state index is 0.0694. The molecule has 1 aromatic carbocycles. The second-order valence-corrected chi connectivity index (χ2v) is 5.88. The van der Waals surface area contributed by atoms with Crippen molar-refractivity contribution in [2.45, 2.75) is 13.8 Å². The summed E-state index contributed by atoms with van der Waals surface area (Å²) in [5.41, 5.74) is 0.366. The topological polar surface area (TPSA) is 72.7 Å². The van der Waals surface area contributed by atoms with Gasteiger partial charge in [0.15, 0.2) is 0 Å². The van der Waals surface area contributed by atoms with Crippen LogP contribution in [0.1, 0.15) is 19.4 Å². The number of carbonyl (C=O) groups is 1. The van der Waals surface area contributed by atoms with E-state index in [-0.39, 0.29) is 16.6 Å². The monoisotopic (exact) mass is 340 g/mol. The van der Waals surface area contributed by atoms with Crippen molar-refractivity contribution in [2.24, 2.45) is 5.92 Å². The summed E-state index contributed by atoms with van der Waals surface area (Å²) in [4.78, 5) is 24.3. The Morgan fingerprint density at radius 1 is 1.48 bits per heavy atom. The summed E-state index contributed by atoms with van der Waals surface area (Å²) in [6.45, 7) is 5.63. The molecule has 1 aromatic rings. The van der Waals surface area contributed by atoms with Crippen LogP contribution in [0.25, 0.3) is 6.08 Å². The second-order valence-electron chi connectivity index (χ2n) is 5.47. The average Bonchev–Trinajstić information content (AvgIpc) is 2.49. The third-order valence-electron chi connectivity index (χ3n) is 3.05. The lowest BCUT2D eigenvalue weighted by Crippen LogP contribution is -2.35. The van der Waals surface area contributed by atoms with Gasteiger partial charge in [-0.05, 0) is 23.6 Å². The maximum Gasteiger partial charge on any atom is 0.288 e. The Kier molecular flexibility index (Phi) is 7.71. The fourth-order valence-electron chi connectivity index (χ4n) is 1.98. The highest BCUT2D eigenvalue weighted by Crippen LogP contribution is 2.25. The first kappa shape index (κ1) is 19.1. The average molecular weight is 341 g/mol. The number of nitro benzene ring substituents is 1. The van der Waals surface area contributed by atoms with Crippen molar-refractivity contribution in [3.05, 3.63) is 45.0 Å². The predicted molar refractivity (Wildman–Crippen MR) is 90.4 cm³/mol. The molecule has 0 spiro atoms. The fourth-order valence-corrected chi connectivity index (χ4v) is 2.17. The van der Waals surface area contributed by atoms with E-state index >= 15 is 0 Å². The van der Waals surface area contributed by atoms with Crippen LogP contribution < -0.4 is 0 Å². The van der Waals surface area contributed by atoms with Crippen LogP contribution in [0.5, 0.6) is 0 Å². The SMILES string of the molecule is COCCN(CC(C)C)C(=O)/C=C/c1ccc(Cl)c([N+](=O)[O-])c1. The molecule has 0 saturated heterocycles. The van der Waals surface area contributed by atoms with Crippen LogP contribution in [0.4, 0.5) is 5.69 Å². The quantitative estimate of drug-likeness (QED) is 0.413. The molecular formula is C16H21ClN2O4. The number of carbonyl (C=O) groups excluding carboxylic acids is 1. The van der Waals surface area contributed by atoms with Gasteiger partial charge in [-0.3, -0.25) is 14.9 Å². The van der Waals surface area contributed by atoms with Gasteiger partial charge >= 0.3 is 0 Å². The molecule has 0 N–H and O–H groups in total. The van der Waals surface area contributed by atoms with Gasteiger partial charge in [-0.25, -0.2) is 0 Å². The molecule has 0 aliphatic rings. The Bertz CT molecular complexity index is 587. The molecule has 0 aliphatic carbocycles. The van der Waals surface area contributed by atoms with E-state index in [0.29, 0.717) is 31.2 Å². The Hall–Kier alpha value is -1.92. The standard InChI is InChI=1S/C16H21ClN2O4/c1-12(2)11-18(8-9-23-3)16(20)7-5-13-4-6-14(17)15(10-13)19(21)22/h4-7,10,12H,8-9,11H2,1-3H3/b7-5+. The van der Waals surface area contributed by atoms with Crippen LogP contribution in [-0.2, 0) is 9.53 Å². The van der Waals surface area contributed by atoms with Crippen molar-refractivity contribution >= 4 is 29.3 Å². The summed E-state index contributed by atoms with van der Waals surface area (Å²) in [7, 11) is 1.58. The van der Waals surface area contributed by atoms with Crippen molar-refractivity contribution in [1.82, 2.24) is 4.90 Å². The number of methoxy groups -OCH3 is 1. The zero-order valence-electron chi connectivity index (χ0n) is 13.5. The smallest absolute Gasteiger partial charge is 0.288 e. The summed E-state index contributed by atoms with van der Waals surface area (Å²) in [5, 5.41) is 10.9. The highest BCUT2D eigenvalue weighted by molar-refractivity contribution is 6.32. The third kappa shape index (κ3) is 6.38. The molecule has 0 aromatic heterocycles. The van der Waals surface area contributed by atoms with Crippen molar-refractivity contribution in [2.75, 3.05) is 26.8 Å². The number of amides is 1. The number of benzene rings is 1. The van der Waals surface area contributed by atoms with E-state index in [1.54, 1.807) is 24.2 Å². The van der Waals surface area contributed by atoms with Crippen LogP contribution in [0.15, 0.2) is 24.3 Å². The van der Waals surface area contributed by atoms with Crippen molar-refractivity contribution < 1.29 is 14.5 Å². The van der Waals surface area contributed by atoms with Crippen molar-refractivity contribution in [1.29, 1.82) is 0 Å². The lowest BCUT2D eigenvalue weighted by molar-refractivity contribution is -0.384. The van der Waals surface area contributed by atoms with Crippen LogP contribution in [0.2, 0.25) is 5.02 Å². The molecule has 23 heavy (non-hydrogen) atoms. The normalized spacial score (nSPS) is 11.2. The first-order valence-electron chi connectivity index (χ1n) is 7.25. The second kappa shape index (κ2) is 9.27. The summed E-state index contributed by atoms with van der Waals surface area (Å²) in [6.07, 6.45) is 2.96. The summed E-state index contributed by atoms with van der Waals surface area (Å²) < 4.78 is 5.01. The van der Waals surface area contributed by atoms with Gasteiger partial charge in [0.2, 0.25) is 5.91 Å². The molecule has 0 atom stereocenters. The zero-order chi connectivity index (χ0) is 17.4. The minimum Gasteiger partial charge on any atom is -0.383 e. The van der Waals surface area contributed by atoms with E-state index < -0.39 is 4.92 Å². The number of nitro groups is 1. The molecule has 0 bridgehead atoms. The molecule has 0 aliphatic heterocycles. The predicted octanol–water partition coefficient (Wildman–Crippen LogP) is 3.39. The van der Waals surface area contributed by atoms with Gasteiger partial charge in [-0.15, -0.1) is 0 Å². The number of hydrogen-bond donors (Lipinski definition) is 0. The van der Waals surface area contributed by atoms with E-state index in [0.717, 1.165) is 0 Å². The Labute approximate surface area is 140 Å². The van der Waals surface area contributed by atoms with Crippen LogP contribution in [0.3, 0.4) is 0 Å². The van der Waals surface area contributed by atoms with Gasteiger partial charge < -0.3 is 9.64 Å². The van der Waals surface area contributed by atoms with Gasteiger partial charge in [-0.2, -0.15) is 0 Å². The summed E-state index contributed by atoms with van der Waals surface area (Å²) >= 11 is 5.76. The van der Waals surface area contributed by atoms with E-state index in [9.17, 15) is 14.9 Å². The van der Waals surface area contributed by atoms with Gasteiger partial charge in [0.05, 0.1) is 11.5 Å². The van der Waals surface area contributed by atoms with Gasteiger partial charge in [0.1, 0.15) is 5.02 Å². The van der Waals surface area contributed by atoms with Crippen LogP contribution >= 0.6 is 11.6 Å². The highest BCUT2D eigenvalue weighted by Gasteiger charge is 2.14. The van der Waals surface area contributed by atoms with Crippen LogP contribution in [-0.4, -0.2) is 42.5 Å². The molecule has 7 heteroatoms. The first-order valence-corrected chi connectivity index (χ1v) is 7.62. The van der Waals surface area contributed by atoms with Crippen LogP contribution in [0, 0.1) is 16.0 Å². The lowest BCUT2D eigenvalue weighted by atomic mass is 10.1. The first-order chi connectivity index (χ1) is 10.8. The van der Waals surface area contributed by atoms with Gasteiger partial charge in [-0.1, -0.05) is 31.5 Å². The molecule has 0 fully saturated rings. The molecule has 0 saturated carbocycles. The number of ether oxygens (including phenoxy) is 1. The van der Waals surface area contributed by atoms with Crippen molar-refractivity contribution in [3.8, 4) is 0 Å². The minimum atomic E-state index is -0.550. The Morgan fingerprint density at radius 2 is 2.17 bits per heavy atom. The zero-order valence-corrected chi connectivity index (χ0v) is 14.2. The molecule has 1 amide bonds. The molecule has 1 rings (SSSR count). The van der Waals surface area contributed by atoms with E-state index in [2.05, 4.69) is 0 Å². The third-order valence-corrected chi connectivity index (χ3v) is 3.37. The molecule has 6 nitrogen and oxygen atoms in total. The van der Waals surface area contributed by atoms with E-state index in [4.69, 9.17) is 16.3 Å². The number of hydrogen-bond acceptors (Lipinski definition) is 4. The molecule has 0 radical (unpaired) electrons.